The molecule has 0 spiro atoms. The van der Waals surface area contributed by atoms with Crippen LogP contribution in [0.2, 0.25) is 0 Å². The van der Waals surface area contributed by atoms with Crippen LogP contribution in [-0.2, 0) is 6.42 Å². The standard InChI is InChI=1S/C14H9BrF2O/c15-14-9(4-3-7-12(14)17)8-13(18)10-5-1-2-6-11(10)16/h1-7H,8H2. The average Bonchev–Trinajstić information content (AvgIpc) is 2.35. The second-order valence-electron chi connectivity index (χ2n) is 3.79. The molecule has 0 unspecified atom stereocenters. The molecule has 2 aromatic rings. The van der Waals surface area contributed by atoms with E-state index >= 15 is 0 Å². The first-order valence-electron chi connectivity index (χ1n) is 5.30. The lowest BCUT2D eigenvalue weighted by Gasteiger charge is -2.05. The van der Waals surface area contributed by atoms with E-state index in [9.17, 15) is 13.6 Å². The van der Waals surface area contributed by atoms with E-state index in [1.807, 2.05) is 0 Å². The third-order valence-corrected chi connectivity index (χ3v) is 3.44. The Balaban J connectivity index is 2.27. The Hall–Kier alpha value is -1.55. The Kier molecular flexibility index (Phi) is 3.87. The highest BCUT2D eigenvalue weighted by molar-refractivity contribution is 9.10. The maximum atomic E-state index is 13.4. The molecule has 0 amide bonds. The summed E-state index contributed by atoms with van der Waals surface area (Å²) in [6, 6.07) is 10.2. The fourth-order valence-corrected chi connectivity index (χ4v) is 2.05. The predicted molar refractivity (Wildman–Crippen MR) is 68.5 cm³/mol. The number of benzene rings is 2. The molecule has 0 bridgehead atoms. The summed E-state index contributed by atoms with van der Waals surface area (Å²) in [5.41, 5.74) is 0.525. The van der Waals surface area contributed by atoms with Crippen molar-refractivity contribution in [1.29, 1.82) is 0 Å². The van der Waals surface area contributed by atoms with Crippen molar-refractivity contribution in [3.63, 3.8) is 0 Å². The minimum Gasteiger partial charge on any atom is -0.294 e. The molecular formula is C14H9BrF2O. The second kappa shape index (κ2) is 5.40. The van der Waals surface area contributed by atoms with Gasteiger partial charge in [0.1, 0.15) is 11.6 Å². The van der Waals surface area contributed by atoms with Crippen molar-refractivity contribution in [2.75, 3.05) is 0 Å². The van der Waals surface area contributed by atoms with Gasteiger partial charge < -0.3 is 0 Å². The van der Waals surface area contributed by atoms with Crippen LogP contribution >= 0.6 is 15.9 Å². The van der Waals surface area contributed by atoms with Gasteiger partial charge in [0.25, 0.3) is 0 Å². The number of carbonyl (C=O) groups excluding carboxylic acids is 1. The Morgan fingerprint density at radius 1 is 1.00 bits per heavy atom. The van der Waals surface area contributed by atoms with Crippen LogP contribution in [-0.4, -0.2) is 5.78 Å². The summed E-state index contributed by atoms with van der Waals surface area (Å²) < 4.78 is 26.9. The smallest absolute Gasteiger partial charge is 0.170 e. The molecule has 0 heterocycles. The van der Waals surface area contributed by atoms with E-state index in [0.29, 0.717) is 5.56 Å². The average molecular weight is 311 g/mol. The zero-order valence-corrected chi connectivity index (χ0v) is 10.9. The van der Waals surface area contributed by atoms with Crippen LogP contribution < -0.4 is 0 Å². The number of hydrogen-bond acceptors (Lipinski definition) is 1. The summed E-state index contributed by atoms with van der Waals surface area (Å²) in [4.78, 5) is 11.9. The maximum Gasteiger partial charge on any atom is 0.170 e. The van der Waals surface area contributed by atoms with E-state index in [-0.39, 0.29) is 22.2 Å². The molecule has 92 valence electrons. The van der Waals surface area contributed by atoms with Gasteiger partial charge in [0, 0.05) is 6.42 Å². The maximum absolute atomic E-state index is 13.4. The van der Waals surface area contributed by atoms with Crippen molar-refractivity contribution in [2.45, 2.75) is 6.42 Å². The summed E-state index contributed by atoms with van der Waals surface area (Å²) in [5.74, 6) is -1.37. The Labute approximate surface area is 112 Å². The normalized spacial score (nSPS) is 10.4. The molecular weight excluding hydrogens is 302 g/mol. The Morgan fingerprint density at radius 3 is 2.39 bits per heavy atom. The van der Waals surface area contributed by atoms with E-state index in [1.54, 1.807) is 12.1 Å². The lowest BCUT2D eigenvalue weighted by molar-refractivity contribution is 0.0989. The largest absolute Gasteiger partial charge is 0.294 e. The Bertz CT molecular complexity index is 596. The molecule has 0 aromatic heterocycles. The lowest BCUT2D eigenvalue weighted by atomic mass is 10.0. The molecule has 0 aliphatic heterocycles. The summed E-state index contributed by atoms with van der Waals surface area (Å²) in [6.07, 6.45) is -0.0424. The van der Waals surface area contributed by atoms with Crippen LogP contribution in [0.1, 0.15) is 15.9 Å². The molecule has 2 rings (SSSR count). The quantitative estimate of drug-likeness (QED) is 0.778. The van der Waals surface area contributed by atoms with Gasteiger partial charge in [-0.1, -0.05) is 24.3 Å². The van der Waals surface area contributed by atoms with Gasteiger partial charge in [0.15, 0.2) is 5.78 Å². The van der Waals surface area contributed by atoms with Crippen LogP contribution in [0.25, 0.3) is 0 Å². The molecule has 0 atom stereocenters. The minimum atomic E-state index is -0.560. The van der Waals surface area contributed by atoms with Crippen LogP contribution in [0.5, 0.6) is 0 Å². The molecule has 0 aliphatic carbocycles. The van der Waals surface area contributed by atoms with Gasteiger partial charge in [-0.15, -0.1) is 0 Å². The van der Waals surface area contributed by atoms with Gasteiger partial charge in [0.05, 0.1) is 10.0 Å². The number of carbonyl (C=O) groups is 1. The molecule has 0 fully saturated rings. The van der Waals surface area contributed by atoms with Crippen LogP contribution in [0.15, 0.2) is 46.9 Å². The molecule has 0 saturated heterocycles. The van der Waals surface area contributed by atoms with Crippen molar-refractivity contribution < 1.29 is 13.6 Å². The first-order chi connectivity index (χ1) is 8.59. The van der Waals surface area contributed by atoms with Gasteiger partial charge in [0.2, 0.25) is 0 Å². The highest BCUT2D eigenvalue weighted by Gasteiger charge is 2.14. The zero-order valence-electron chi connectivity index (χ0n) is 9.29. The monoisotopic (exact) mass is 310 g/mol. The van der Waals surface area contributed by atoms with Crippen molar-refractivity contribution in [3.05, 3.63) is 69.7 Å². The summed E-state index contributed by atoms with van der Waals surface area (Å²) >= 11 is 3.08. The molecule has 2 aromatic carbocycles. The van der Waals surface area contributed by atoms with Gasteiger partial charge in [-0.3, -0.25) is 4.79 Å². The molecule has 0 N–H and O–H groups in total. The second-order valence-corrected chi connectivity index (χ2v) is 4.59. The minimum absolute atomic E-state index is 0.0219. The van der Waals surface area contributed by atoms with Crippen LogP contribution in [0.3, 0.4) is 0 Å². The molecule has 4 heteroatoms. The molecule has 0 radical (unpaired) electrons. The predicted octanol–water partition coefficient (Wildman–Crippen LogP) is 4.15. The number of ketones is 1. The molecule has 18 heavy (non-hydrogen) atoms. The van der Waals surface area contributed by atoms with Crippen molar-refractivity contribution in [3.8, 4) is 0 Å². The van der Waals surface area contributed by atoms with Crippen LogP contribution in [0, 0.1) is 11.6 Å². The topological polar surface area (TPSA) is 17.1 Å². The van der Waals surface area contributed by atoms with Gasteiger partial charge in [-0.05, 0) is 39.7 Å². The highest BCUT2D eigenvalue weighted by atomic mass is 79.9. The number of hydrogen-bond donors (Lipinski definition) is 0. The van der Waals surface area contributed by atoms with E-state index in [1.165, 1.54) is 30.3 Å². The van der Waals surface area contributed by atoms with E-state index < -0.39 is 11.6 Å². The lowest BCUT2D eigenvalue weighted by Crippen LogP contribution is -2.06. The summed E-state index contributed by atoms with van der Waals surface area (Å²) in [6.45, 7) is 0. The fourth-order valence-electron chi connectivity index (χ4n) is 1.64. The van der Waals surface area contributed by atoms with Gasteiger partial charge in [-0.25, -0.2) is 8.78 Å². The van der Waals surface area contributed by atoms with Crippen molar-refractivity contribution >= 4 is 21.7 Å². The van der Waals surface area contributed by atoms with Gasteiger partial charge >= 0.3 is 0 Å². The number of Topliss-reactive ketones (excluding diaryl/α,β-unsaturated/α-hetero) is 1. The molecule has 0 saturated carbocycles. The molecule has 1 nitrogen and oxygen atoms in total. The summed E-state index contributed by atoms with van der Waals surface area (Å²) in [7, 11) is 0. The summed E-state index contributed by atoms with van der Waals surface area (Å²) in [5, 5.41) is 0. The van der Waals surface area contributed by atoms with Crippen molar-refractivity contribution in [1.82, 2.24) is 0 Å². The number of rotatable bonds is 3. The van der Waals surface area contributed by atoms with Gasteiger partial charge in [-0.2, -0.15) is 0 Å². The van der Waals surface area contributed by atoms with Crippen molar-refractivity contribution in [2.24, 2.45) is 0 Å². The first kappa shape index (κ1) is 12.9. The first-order valence-corrected chi connectivity index (χ1v) is 6.09. The third-order valence-electron chi connectivity index (χ3n) is 2.56. The fraction of sp³-hybridized carbons (Fsp3) is 0.0714. The Morgan fingerprint density at radius 2 is 1.67 bits per heavy atom. The molecule has 0 aliphatic rings. The zero-order chi connectivity index (χ0) is 13.1. The van der Waals surface area contributed by atoms with E-state index in [4.69, 9.17) is 0 Å². The third kappa shape index (κ3) is 2.64. The van der Waals surface area contributed by atoms with E-state index in [0.717, 1.165) is 0 Å². The van der Waals surface area contributed by atoms with Crippen LogP contribution in [0.4, 0.5) is 8.78 Å². The number of halogens is 3. The highest BCUT2D eigenvalue weighted by Crippen LogP contribution is 2.22. The van der Waals surface area contributed by atoms with E-state index in [2.05, 4.69) is 15.9 Å². The SMILES string of the molecule is O=C(Cc1cccc(F)c1Br)c1ccccc1F.